The summed E-state index contributed by atoms with van der Waals surface area (Å²) >= 11 is 0. The molecule has 0 bridgehead atoms. The lowest BCUT2D eigenvalue weighted by atomic mass is 10.2. The van der Waals surface area contributed by atoms with Crippen LogP contribution in [0.15, 0.2) is 84.0 Å². The standard InChI is InChI=1S/C19H16N2O2/c22-18-13-7-8-15(19(18)23)14-20-21(16-9-3-1-4-10-16)17-11-5-2-6-12-17/h1-14,22-23H/b20-14+. The second-order valence-electron chi connectivity index (χ2n) is 4.94. The van der Waals surface area contributed by atoms with Crippen LogP contribution in [0, 0.1) is 0 Å². The van der Waals surface area contributed by atoms with E-state index in [1.807, 2.05) is 60.7 Å². The molecule has 4 heteroatoms. The lowest BCUT2D eigenvalue weighted by molar-refractivity contribution is 0.403. The van der Waals surface area contributed by atoms with Crippen molar-refractivity contribution in [2.75, 3.05) is 5.01 Å². The highest BCUT2D eigenvalue weighted by atomic mass is 16.3. The van der Waals surface area contributed by atoms with Crippen LogP contribution in [0.25, 0.3) is 0 Å². The van der Waals surface area contributed by atoms with Gasteiger partial charge in [-0.1, -0.05) is 42.5 Å². The number of hydrogen-bond donors (Lipinski definition) is 2. The molecule has 0 atom stereocenters. The summed E-state index contributed by atoms with van der Waals surface area (Å²) in [5.41, 5.74) is 2.24. The van der Waals surface area contributed by atoms with Crippen LogP contribution < -0.4 is 5.01 Å². The van der Waals surface area contributed by atoms with E-state index in [0.717, 1.165) is 11.4 Å². The average molecular weight is 304 g/mol. The number of aromatic hydroxyl groups is 2. The van der Waals surface area contributed by atoms with Crippen LogP contribution in [-0.4, -0.2) is 16.4 Å². The van der Waals surface area contributed by atoms with Gasteiger partial charge in [-0.3, -0.25) is 0 Å². The van der Waals surface area contributed by atoms with Crippen LogP contribution in [0.1, 0.15) is 5.56 Å². The number of hydrazone groups is 1. The molecular weight excluding hydrogens is 288 g/mol. The van der Waals surface area contributed by atoms with Crippen molar-refractivity contribution >= 4 is 17.6 Å². The normalized spacial score (nSPS) is 10.8. The first-order valence-electron chi connectivity index (χ1n) is 7.21. The minimum Gasteiger partial charge on any atom is -0.504 e. The second kappa shape index (κ2) is 6.66. The first-order valence-corrected chi connectivity index (χ1v) is 7.21. The van der Waals surface area contributed by atoms with Crippen LogP contribution >= 0.6 is 0 Å². The van der Waals surface area contributed by atoms with E-state index < -0.39 is 0 Å². The second-order valence-corrected chi connectivity index (χ2v) is 4.94. The molecule has 3 aromatic rings. The summed E-state index contributed by atoms with van der Waals surface area (Å²) in [6.45, 7) is 0. The highest BCUT2D eigenvalue weighted by molar-refractivity contribution is 5.86. The Morgan fingerprint density at radius 2 is 1.26 bits per heavy atom. The highest BCUT2D eigenvalue weighted by Crippen LogP contribution is 2.28. The number of phenols is 2. The molecule has 0 saturated carbocycles. The number of hydrogen-bond acceptors (Lipinski definition) is 4. The molecule has 0 aliphatic carbocycles. The summed E-state index contributed by atoms with van der Waals surface area (Å²) in [5, 5.41) is 25.7. The number of rotatable bonds is 4. The molecule has 0 amide bonds. The maximum Gasteiger partial charge on any atom is 0.166 e. The Labute approximate surface area is 134 Å². The largest absolute Gasteiger partial charge is 0.504 e. The molecule has 23 heavy (non-hydrogen) atoms. The van der Waals surface area contributed by atoms with Gasteiger partial charge in [-0.05, 0) is 36.4 Å². The lowest BCUT2D eigenvalue weighted by Gasteiger charge is -2.19. The molecule has 0 heterocycles. The smallest absolute Gasteiger partial charge is 0.166 e. The summed E-state index contributed by atoms with van der Waals surface area (Å²) in [4.78, 5) is 0. The Bertz CT molecular complexity index is 763. The van der Waals surface area contributed by atoms with Gasteiger partial charge in [0.1, 0.15) is 0 Å². The molecule has 4 nitrogen and oxygen atoms in total. The molecule has 0 radical (unpaired) electrons. The van der Waals surface area contributed by atoms with Crippen molar-refractivity contribution in [3.8, 4) is 11.5 Å². The van der Waals surface area contributed by atoms with Crippen molar-refractivity contribution in [2.45, 2.75) is 0 Å². The van der Waals surface area contributed by atoms with Crippen molar-refractivity contribution < 1.29 is 10.2 Å². The molecule has 0 saturated heterocycles. The highest BCUT2D eigenvalue weighted by Gasteiger charge is 2.08. The molecule has 3 aromatic carbocycles. The number of anilines is 2. The Morgan fingerprint density at radius 1 is 0.696 bits per heavy atom. The van der Waals surface area contributed by atoms with Gasteiger partial charge in [0.05, 0.1) is 17.6 Å². The van der Waals surface area contributed by atoms with E-state index in [2.05, 4.69) is 5.10 Å². The number of benzene rings is 3. The molecule has 0 fully saturated rings. The molecule has 0 unspecified atom stereocenters. The van der Waals surface area contributed by atoms with E-state index in [4.69, 9.17) is 0 Å². The van der Waals surface area contributed by atoms with Crippen molar-refractivity contribution in [2.24, 2.45) is 5.10 Å². The number of phenolic OH excluding ortho intramolecular Hbond substituents is 2. The van der Waals surface area contributed by atoms with E-state index in [-0.39, 0.29) is 11.5 Å². The lowest BCUT2D eigenvalue weighted by Crippen LogP contribution is -2.09. The molecule has 3 rings (SSSR count). The summed E-state index contributed by atoms with van der Waals surface area (Å²) in [7, 11) is 0. The van der Waals surface area contributed by atoms with Gasteiger partial charge >= 0.3 is 0 Å². The van der Waals surface area contributed by atoms with Crippen LogP contribution in [0.4, 0.5) is 11.4 Å². The molecule has 0 spiro atoms. The summed E-state index contributed by atoms with van der Waals surface area (Å²) < 4.78 is 0. The predicted octanol–water partition coefficient (Wildman–Crippen LogP) is 4.27. The van der Waals surface area contributed by atoms with Crippen LogP contribution in [0.3, 0.4) is 0 Å². The van der Waals surface area contributed by atoms with Gasteiger partial charge in [-0.15, -0.1) is 0 Å². The Morgan fingerprint density at radius 3 is 1.83 bits per heavy atom. The molecule has 114 valence electrons. The van der Waals surface area contributed by atoms with Gasteiger partial charge in [0.2, 0.25) is 0 Å². The minimum atomic E-state index is -0.183. The topological polar surface area (TPSA) is 56.1 Å². The fourth-order valence-electron chi connectivity index (χ4n) is 2.19. The van der Waals surface area contributed by atoms with E-state index in [9.17, 15) is 10.2 Å². The maximum atomic E-state index is 9.89. The predicted molar refractivity (Wildman–Crippen MR) is 92.4 cm³/mol. The van der Waals surface area contributed by atoms with Crippen molar-refractivity contribution in [1.29, 1.82) is 0 Å². The molecule has 0 aliphatic rings. The zero-order valence-corrected chi connectivity index (χ0v) is 12.4. The molecule has 0 aliphatic heterocycles. The van der Waals surface area contributed by atoms with Gasteiger partial charge < -0.3 is 10.2 Å². The fourth-order valence-corrected chi connectivity index (χ4v) is 2.19. The molecule has 2 N–H and O–H groups in total. The van der Waals surface area contributed by atoms with Crippen molar-refractivity contribution in [3.05, 3.63) is 84.4 Å². The Balaban J connectivity index is 2.00. The van der Waals surface area contributed by atoms with Crippen molar-refractivity contribution in [1.82, 2.24) is 0 Å². The molecule has 0 aromatic heterocycles. The van der Waals surface area contributed by atoms with Crippen LogP contribution in [-0.2, 0) is 0 Å². The third kappa shape index (κ3) is 3.32. The van der Waals surface area contributed by atoms with Gasteiger partial charge in [0.15, 0.2) is 11.5 Å². The van der Waals surface area contributed by atoms with Crippen molar-refractivity contribution in [3.63, 3.8) is 0 Å². The first-order chi connectivity index (χ1) is 11.3. The Hall–Kier alpha value is -3.27. The first kappa shape index (κ1) is 14.7. The van der Waals surface area contributed by atoms with Gasteiger partial charge in [-0.2, -0.15) is 5.10 Å². The van der Waals surface area contributed by atoms with Gasteiger partial charge in [-0.25, -0.2) is 5.01 Å². The van der Waals surface area contributed by atoms with E-state index >= 15 is 0 Å². The average Bonchev–Trinajstić information content (AvgIpc) is 2.60. The minimum absolute atomic E-state index is 0.167. The van der Waals surface area contributed by atoms with Gasteiger partial charge in [0.25, 0.3) is 0 Å². The van der Waals surface area contributed by atoms with Crippen LogP contribution in [0.2, 0.25) is 0 Å². The maximum absolute atomic E-state index is 9.89. The quantitative estimate of drug-likeness (QED) is 0.430. The summed E-state index contributed by atoms with van der Waals surface area (Å²) in [5.74, 6) is -0.350. The third-order valence-electron chi connectivity index (χ3n) is 3.36. The van der Waals surface area contributed by atoms with E-state index in [1.165, 1.54) is 12.3 Å². The van der Waals surface area contributed by atoms with E-state index in [1.54, 1.807) is 17.1 Å². The van der Waals surface area contributed by atoms with Crippen LogP contribution in [0.5, 0.6) is 11.5 Å². The van der Waals surface area contributed by atoms with Gasteiger partial charge in [0, 0.05) is 5.56 Å². The number of nitrogens with zero attached hydrogens (tertiary/aromatic N) is 2. The zero-order chi connectivity index (χ0) is 16.1. The summed E-state index contributed by atoms with van der Waals surface area (Å²) in [6, 6.07) is 24.2. The number of para-hydroxylation sites is 3. The third-order valence-corrected chi connectivity index (χ3v) is 3.36. The monoisotopic (exact) mass is 304 g/mol. The molecular formula is C19H16N2O2. The Kier molecular flexibility index (Phi) is 4.25. The zero-order valence-electron chi connectivity index (χ0n) is 12.4. The summed E-state index contributed by atoms with van der Waals surface area (Å²) in [6.07, 6.45) is 1.52. The SMILES string of the molecule is Oc1cccc(/C=N/N(c2ccccc2)c2ccccc2)c1O. The fraction of sp³-hybridized carbons (Fsp3) is 0. The van der Waals surface area contributed by atoms with E-state index in [0.29, 0.717) is 5.56 Å².